The van der Waals surface area contributed by atoms with Crippen LogP contribution in [0, 0.1) is 0 Å². The summed E-state index contributed by atoms with van der Waals surface area (Å²) >= 11 is 0. The lowest BCUT2D eigenvalue weighted by Gasteiger charge is -2.39. The van der Waals surface area contributed by atoms with E-state index in [0.29, 0.717) is 30.2 Å². The van der Waals surface area contributed by atoms with Crippen molar-refractivity contribution in [1.29, 1.82) is 0 Å². The molecule has 164 valence electrons. The second-order valence-electron chi connectivity index (χ2n) is 7.65. The van der Waals surface area contributed by atoms with Crippen LogP contribution in [0.15, 0.2) is 72.8 Å². The molecule has 1 saturated heterocycles. The van der Waals surface area contributed by atoms with E-state index in [1.807, 2.05) is 54.6 Å². The third kappa shape index (κ3) is 4.04. The number of nitrogens with zero attached hydrogens (tertiary/aromatic N) is 2. The third-order valence-corrected chi connectivity index (χ3v) is 5.79. The van der Waals surface area contributed by atoms with Gasteiger partial charge in [-0.2, -0.15) is 0 Å². The average molecular weight is 431 g/mol. The number of para-hydroxylation sites is 1. The molecule has 6 heteroatoms. The molecule has 1 fully saturated rings. The van der Waals surface area contributed by atoms with Gasteiger partial charge in [0.25, 0.3) is 5.91 Å². The maximum absolute atomic E-state index is 13.4. The number of hydrogen-bond donors (Lipinski definition) is 0. The Morgan fingerprint density at radius 1 is 0.875 bits per heavy atom. The maximum Gasteiger partial charge on any atom is 0.254 e. The van der Waals surface area contributed by atoms with E-state index in [1.165, 1.54) is 14.2 Å². The van der Waals surface area contributed by atoms with Gasteiger partial charge in [-0.1, -0.05) is 48.5 Å². The molecule has 2 amide bonds. The molecule has 0 aliphatic carbocycles. The zero-order chi connectivity index (χ0) is 22.7. The first-order valence-electron chi connectivity index (χ1n) is 10.5. The number of hydrogen-bond acceptors (Lipinski definition) is 4. The summed E-state index contributed by atoms with van der Waals surface area (Å²) in [6, 6.07) is 22.3. The molecule has 0 aromatic heterocycles. The summed E-state index contributed by atoms with van der Waals surface area (Å²) in [5, 5.41) is 0. The van der Waals surface area contributed by atoms with Crippen LogP contribution in [0.2, 0.25) is 0 Å². The lowest BCUT2D eigenvalue weighted by atomic mass is 10.0. The summed E-state index contributed by atoms with van der Waals surface area (Å²) in [4.78, 5) is 30.0. The molecule has 1 aliphatic heterocycles. The lowest BCUT2D eigenvalue weighted by molar-refractivity contribution is -0.124. The van der Waals surface area contributed by atoms with Crippen LogP contribution in [0.3, 0.4) is 0 Å². The second kappa shape index (κ2) is 9.14. The van der Waals surface area contributed by atoms with Gasteiger partial charge in [0.15, 0.2) is 0 Å². The van der Waals surface area contributed by atoms with E-state index in [2.05, 4.69) is 0 Å². The predicted molar refractivity (Wildman–Crippen MR) is 124 cm³/mol. The maximum atomic E-state index is 13.4. The monoisotopic (exact) mass is 430 g/mol. The highest BCUT2D eigenvalue weighted by Crippen LogP contribution is 2.33. The van der Waals surface area contributed by atoms with E-state index in [9.17, 15) is 9.59 Å². The van der Waals surface area contributed by atoms with E-state index >= 15 is 0 Å². The number of rotatable bonds is 5. The summed E-state index contributed by atoms with van der Waals surface area (Å²) in [6.45, 7) is 2.61. The molecule has 0 spiro atoms. The van der Waals surface area contributed by atoms with Crippen LogP contribution in [0.5, 0.6) is 11.5 Å². The quantitative estimate of drug-likeness (QED) is 0.607. The Hall–Kier alpha value is -3.80. The van der Waals surface area contributed by atoms with Gasteiger partial charge in [-0.25, -0.2) is 0 Å². The summed E-state index contributed by atoms with van der Waals surface area (Å²) < 4.78 is 10.6. The van der Waals surface area contributed by atoms with Crippen molar-refractivity contribution in [2.45, 2.75) is 13.0 Å². The van der Waals surface area contributed by atoms with E-state index in [4.69, 9.17) is 9.47 Å². The van der Waals surface area contributed by atoms with Crippen molar-refractivity contribution in [3.05, 3.63) is 78.4 Å². The largest absolute Gasteiger partial charge is 0.497 e. The Kier molecular flexibility index (Phi) is 6.12. The van der Waals surface area contributed by atoms with Crippen molar-refractivity contribution < 1.29 is 19.1 Å². The fourth-order valence-electron chi connectivity index (χ4n) is 4.05. The lowest BCUT2D eigenvalue weighted by Crippen LogP contribution is -2.57. The number of carbonyl (C=O) groups is 2. The average Bonchev–Trinajstić information content (AvgIpc) is 2.85. The van der Waals surface area contributed by atoms with Crippen molar-refractivity contribution >= 4 is 17.5 Å². The zero-order valence-electron chi connectivity index (χ0n) is 18.4. The van der Waals surface area contributed by atoms with Crippen LogP contribution < -0.4 is 14.4 Å². The zero-order valence-corrected chi connectivity index (χ0v) is 18.4. The molecule has 1 aliphatic rings. The van der Waals surface area contributed by atoms with E-state index < -0.39 is 6.04 Å². The number of anilines is 1. The van der Waals surface area contributed by atoms with Crippen molar-refractivity contribution in [3.8, 4) is 22.6 Å². The Morgan fingerprint density at radius 3 is 2.16 bits per heavy atom. The first kappa shape index (κ1) is 21.4. The third-order valence-electron chi connectivity index (χ3n) is 5.79. The normalized spacial score (nSPS) is 16.1. The SMILES string of the molecule is COc1cc(OC)cc(C(=O)N2CCN(c3ccccc3-c3ccccc3)C(=O)[C@@H]2C)c1. The van der Waals surface area contributed by atoms with Gasteiger partial charge in [0.1, 0.15) is 17.5 Å². The van der Waals surface area contributed by atoms with Crippen LogP contribution in [0.1, 0.15) is 17.3 Å². The molecule has 3 aromatic carbocycles. The fraction of sp³-hybridized carbons (Fsp3) is 0.231. The molecule has 32 heavy (non-hydrogen) atoms. The minimum Gasteiger partial charge on any atom is -0.497 e. The Bertz CT molecular complexity index is 1110. The predicted octanol–water partition coefficient (Wildman–Crippen LogP) is 4.25. The van der Waals surface area contributed by atoms with Gasteiger partial charge in [0.2, 0.25) is 5.91 Å². The topological polar surface area (TPSA) is 59.1 Å². The number of carbonyl (C=O) groups excluding carboxylic acids is 2. The number of ether oxygens (including phenoxy) is 2. The van der Waals surface area contributed by atoms with Crippen LogP contribution in [0.25, 0.3) is 11.1 Å². The van der Waals surface area contributed by atoms with Crippen LogP contribution in [-0.2, 0) is 4.79 Å². The smallest absolute Gasteiger partial charge is 0.254 e. The van der Waals surface area contributed by atoms with Gasteiger partial charge in [-0.15, -0.1) is 0 Å². The van der Waals surface area contributed by atoms with Crippen molar-refractivity contribution in [2.75, 3.05) is 32.2 Å². The molecule has 0 N–H and O–H groups in total. The highest BCUT2D eigenvalue weighted by Gasteiger charge is 2.36. The molecule has 1 atom stereocenters. The van der Waals surface area contributed by atoms with E-state index in [1.54, 1.807) is 34.9 Å². The van der Waals surface area contributed by atoms with Crippen LogP contribution in [0.4, 0.5) is 5.69 Å². The Labute approximate surface area is 188 Å². The molecule has 6 nitrogen and oxygen atoms in total. The molecular weight excluding hydrogens is 404 g/mol. The van der Waals surface area contributed by atoms with Gasteiger partial charge in [-0.3, -0.25) is 9.59 Å². The first-order valence-corrected chi connectivity index (χ1v) is 10.5. The molecule has 0 bridgehead atoms. The van der Waals surface area contributed by atoms with Crippen molar-refractivity contribution in [3.63, 3.8) is 0 Å². The number of methoxy groups -OCH3 is 2. The Morgan fingerprint density at radius 2 is 1.50 bits per heavy atom. The summed E-state index contributed by atoms with van der Waals surface area (Å²) in [6.07, 6.45) is 0. The first-order chi connectivity index (χ1) is 15.5. The number of amides is 2. The highest BCUT2D eigenvalue weighted by atomic mass is 16.5. The minimum absolute atomic E-state index is 0.108. The minimum atomic E-state index is -0.600. The van der Waals surface area contributed by atoms with E-state index in [-0.39, 0.29) is 11.8 Å². The Balaban J connectivity index is 1.61. The van der Waals surface area contributed by atoms with Gasteiger partial charge < -0.3 is 19.3 Å². The molecule has 1 heterocycles. The van der Waals surface area contributed by atoms with Gasteiger partial charge in [0, 0.05) is 30.3 Å². The standard InChI is InChI=1S/C26H26N2O4/c1-18-25(29)28(24-12-8-7-11-23(24)19-9-5-4-6-10-19)14-13-27(18)26(30)20-15-21(31-2)17-22(16-20)32-3/h4-12,15-18H,13-14H2,1-3H3/t18-/m0/s1. The van der Waals surface area contributed by atoms with E-state index in [0.717, 1.165) is 16.8 Å². The molecule has 0 radical (unpaired) electrons. The summed E-state index contributed by atoms with van der Waals surface area (Å²) in [5.74, 6) is 0.728. The van der Waals surface area contributed by atoms with Crippen LogP contribution >= 0.6 is 0 Å². The number of benzene rings is 3. The molecular formula is C26H26N2O4. The fourth-order valence-corrected chi connectivity index (χ4v) is 4.05. The summed E-state index contributed by atoms with van der Waals surface area (Å²) in [5.41, 5.74) is 3.32. The molecule has 3 aromatic rings. The van der Waals surface area contributed by atoms with Gasteiger partial charge >= 0.3 is 0 Å². The molecule has 4 rings (SSSR count). The molecule has 0 saturated carbocycles. The highest BCUT2D eigenvalue weighted by molar-refractivity contribution is 6.05. The van der Waals surface area contributed by atoms with Gasteiger partial charge in [0.05, 0.1) is 19.9 Å². The van der Waals surface area contributed by atoms with Gasteiger partial charge in [-0.05, 0) is 30.7 Å². The van der Waals surface area contributed by atoms with Crippen molar-refractivity contribution in [1.82, 2.24) is 4.90 Å². The summed E-state index contributed by atoms with van der Waals surface area (Å²) in [7, 11) is 3.08. The number of piperazine rings is 1. The second-order valence-corrected chi connectivity index (χ2v) is 7.65. The van der Waals surface area contributed by atoms with Crippen molar-refractivity contribution in [2.24, 2.45) is 0 Å². The molecule has 0 unspecified atom stereocenters. The van der Waals surface area contributed by atoms with Crippen LogP contribution in [-0.4, -0.2) is 50.1 Å².